The molecule has 0 aliphatic rings. The standard InChI is InChI=1S/C26H35NO5S/c1-5-6-14-31-25-17-21(2)26(22(3)18-25)32-15-10-11-16-33(28,29)20-24(27-30-4)19-23-12-8-7-9-13-23/h5-9,12-13,17-18H,10-11,14-16,19-20H2,1-4H3/b6-5+,27-24?. The molecule has 0 unspecified atom stereocenters. The first-order valence-electron chi connectivity index (χ1n) is 11.2. The first-order chi connectivity index (χ1) is 15.8. The molecule has 0 N–H and O–H groups in total. The minimum atomic E-state index is -3.29. The van der Waals surface area contributed by atoms with Gasteiger partial charge in [-0.3, -0.25) is 0 Å². The largest absolute Gasteiger partial charge is 0.493 e. The van der Waals surface area contributed by atoms with E-state index in [0.717, 1.165) is 28.2 Å². The lowest BCUT2D eigenvalue weighted by Crippen LogP contribution is -2.21. The van der Waals surface area contributed by atoms with E-state index in [-0.39, 0.29) is 11.5 Å². The number of nitrogens with zero attached hydrogens (tertiary/aromatic N) is 1. The Labute approximate surface area is 198 Å². The Hall–Kier alpha value is -2.80. The number of unbranched alkanes of at least 4 members (excludes halogenated alkanes) is 1. The summed E-state index contributed by atoms with van der Waals surface area (Å²) in [4.78, 5) is 4.86. The lowest BCUT2D eigenvalue weighted by atomic mass is 10.1. The molecule has 0 bridgehead atoms. The minimum absolute atomic E-state index is 0.0869. The molecule has 0 aliphatic carbocycles. The predicted molar refractivity (Wildman–Crippen MR) is 134 cm³/mol. The first kappa shape index (κ1) is 26.5. The van der Waals surface area contributed by atoms with Crippen LogP contribution < -0.4 is 9.47 Å². The quantitative estimate of drug-likeness (QED) is 0.166. The number of oxime groups is 1. The van der Waals surface area contributed by atoms with Crippen molar-refractivity contribution in [1.29, 1.82) is 0 Å². The van der Waals surface area contributed by atoms with Crippen LogP contribution in [0.5, 0.6) is 11.5 Å². The molecule has 2 aromatic rings. The van der Waals surface area contributed by atoms with Crippen molar-refractivity contribution in [3.05, 3.63) is 71.3 Å². The van der Waals surface area contributed by atoms with Crippen molar-refractivity contribution in [2.75, 3.05) is 31.8 Å². The first-order valence-corrected chi connectivity index (χ1v) is 13.0. The lowest BCUT2D eigenvalue weighted by molar-refractivity contribution is 0.212. The van der Waals surface area contributed by atoms with Gasteiger partial charge in [0.1, 0.15) is 25.2 Å². The average molecular weight is 474 g/mol. The minimum Gasteiger partial charge on any atom is -0.493 e. The fourth-order valence-corrected chi connectivity index (χ4v) is 4.91. The fraction of sp³-hybridized carbons (Fsp3) is 0.423. The van der Waals surface area contributed by atoms with Gasteiger partial charge < -0.3 is 14.3 Å². The van der Waals surface area contributed by atoms with Crippen molar-refractivity contribution in [3.63, 3.8) is 0 Å². The van der Waals surface area contributed by atoms with Gasteiger partial charge in [-0.05, 0) is 62.4 Å². The van der Waals surface area contributed by atoms with Gasteiger partial charge >= 0.3 is 0 Å². The maximum atomic E-state index is 12.6. The normalized spacial score (nSPS) is 12.2. The molecule has 2 aromatic carbocycles. The molecule has 0 aliphatic heterocycles. The van der Waals surface area contributed by atoms with E-state index >= 15 is 0 Å². The lowest BCUT2D eigenvalue weighted by Gasteiger charge is -2.14. The van der Waals surface area contributed by atoms with Crippen LogP contribution >= 0.6 is 0 Å². The molecule has 0 radical (unpaired) electrons. The summed E-state index contributed by atoms with van der Waals surface area (Å²) >= 11 is 0. The third kappa shape index (κ3) is 9.70. The van der Waals surface area contributed by atoms with E-state index in [1.54, 1.807) is 0 Å². The monoisotopic (exact) mass is 473 g/mol. The van der Waals surface area contributed by atoms with E-state index in [4.69, 9.17) is 14.3 Å². The second-order valence-electron chi connectivity index (χ2n) is 7.92. The number of ether oxygens (including phenoxy) is 2. The zero-order chi connectivity index (χ0) is 24.1. The molecule has 0 atom stereocenters. The van der Waals surface area contributed by atoms with Gasteiger partial charge in [0, 0.05) is 6.42 Å². The van der Waals surface area contributed by atoms with Crippen molar-refractivity contribution in [2.45, 2.75) is 40.0 Å². The van der Waals surface area contributed by atoms with E-state index in [2.05, 4.69) is 5.16 Å². The second kappa shape index (κ2) is 13.7. The van der Waals surface area contributed by atoms with E-state index in [0.29, 0.717) is 38.2 Å². The third-order valence-electron chi connectivity index (χ3n) is 4.97. The van der Waals surface area contributed by atoms with E-state index in [1.165, 1.54) is 7.11 Å². The highest BCUT2D eigenvalue weighted by atomic mass is 32.2. The maximum Gasteiger partial charge on any atom is 0.155 e. The molecule has 0 fully saturated rings. The van der Waals surface area contributed by atoms with Crippen LogP contribution in [0.3, 0.4) is 0 Å². The molecule has 0 heterocycles. The van der Waals surface area contributed by atoms with E-state index < -0.39 is 9.84 Å². The number of allylic oxidation sites excluding steroid dienone is 1. The van der Waals surface area contributed by atoms with Crippen LogP contribution in [0.1, 0.15) is 36.5 Å². The van der Waals surface area contributed by atoms with Gasteiger partial charge in [0.25, 0.3) is 0 Å². The zero-order valence-electron chi connectivity index (χ0n) is 20.0. The molecule has 7 heteroatoms. The molecule has 6 nitrogen and oxygen atoms in total. The summed E-state index contributed by atoms with van der Waals surface area (Å²) in [5.41, 5.74) is 3.50. The Morgan fingerprint density at radius 1 is 1.03 bits per heavy atom. The molecule has 0 saturated heterocycles. The third-order valence-corrected chi connectivity index (χ3v) is 6.65. The van der Waals surface area contributed by atoms with Crippen LogP contribution in [-0.2, 0) is 21.1 Å². The second-order valence-corrected chi connectivity index (χ2v) is 10.1. The summed E-state index contributed by atoms with van der Waals surface area (Å²) in [7, 11) is -1.86. The predicted octanol–water partition coefficient (Wildman–Crippen LogP) is 5.08. The summed E-state index contributed by atoms with van der Waals surface area (Å²) in [6.07, 6.45) is 5.52. The molecule has 0 saturated carbocycles. The van der Waals surface area contributed by atoms with Crippen molar-refractivity contribution in [3.8, 4) is 11.5 Å². The van der Waals surface area contributed by atoms with Crippen LogP contribution in [-0.4, -0.2) is 46.0 Å². The topological polar surface area (TPSA) is 74.2 Å². The van der Waals surface area contributed by atoms with Crippen LogP contribution in [0.15, 0.2) is 59.8 Å². The number of sulfone groups is 1. The van der Waals surface area contributed by atoms with Gasteiger partial charge in [-0.15, -0.1) is 0 Å². The van der Waals surface area contributed by atoms with Gasteiger partial charge in [-0.2, -0.15) is 0 Å². The molecule has 0 amide bonds. The smallest absolute Gasteiger partial charge is 0.155 e. The molecule has 0 aromatic heterocycles. The fourth-order valence-electron chi connectivity index (χ4n) is 3.46. The van der Waals surface area contributed by atoms with Crippen molar-refractivity contribution in [2.24, 2.45) is 5.16 Å². The van der Waals surface area contributed by atoms with Crippen LogP contribution in [0.4, 0.5) is 0 Å². The highest BCUT2D eigenvalue weighted by Gasteiger charge is 2.16. The Kier molecular flexibility index (Phi) is 11.0. The molecule has 0 spiro atoms. The number of hydrogen-bond acceptors (Lipinski definition) is 6. The number of aryl methyl sites for hydroxylation is 2. The summed E-state index contributed by atoms with van der Waals surface area (Å²) < 4.78 is 36.8. The van der Waals surface area contributed by atoms with Crippen LogP contribution in [0.25, 0.3) is 0 Å². The summed E-state index contributed by atoms with van der Waals surface area (Å²) in [5, 5.41) is 3.94. The number of hydrogen-bond donors (Lipinski definition) is 0. The Balaban J connectivity index is 1.81. The van der Waals surface area contributed by atoms with Gasteiger partial charge in [-0.1, -0.05) is 47.6 Å². The molecule has 33 heavy (non-hydrogen) atoms. The molecular formula is C26H35NO5S. The van der Waals surface area contributed by atoms with E-state index in [9.17, 15) is 8.42 Å². The SMILES string of the molecule is C/C=C/COc1cc(C)c(OCCCCS(=O)(=O)CC(Cc2ccccc2)=NOC)c(C)c1. The summed E-state index contributed by atoms with van der Waals surface area (Å²) in [6, 6.07) is 13.6. The molecular weight excluding hydrogens is 438 g/mol. The van der Waals surface area contributed by atoms with Crippen molar-refractivity contribution in [1.82, 2.24) is 0 Å². The molecule has 2 rings (SSSR count). The van der Waals surface area contributed by atoms with Crippen LogP contribution in [0, 0.1) is 13.8 Å². The van der Waals surface area contributed by atoms with Gasteiger partial charge in [-0.25, -0.2) is 8.42 Å². The maximum absolute atomic E-state index is 12.6. The Morgan fingerprint density at radius 2 is 1.73 bits per heavy atom. The van der Waals surface area contributed by atoms with Crippen molar-refractivity contribution < 1.29 is 22.7 Å². The zero-order valence-corrected chi connectivity index (χ0v) is 20.9. The van der Waals surface area contributed by atoms with E-state index in [1.807, 2.05) is 75.4 Å². The van der Waals surface area contributed by atoms with Gasteiger partial charge in [0.05, 0.1) is 23.8 Å². The highest BCUT2D eigenvalue weighted by molar-refractivity contribution is 7.92. The number of benzene rings is 2. The van der Waals surface area contributed by atoms with Crippen molar-refractivity contribution >= 4 is 15.5 Å². The Morgan fingerprint density at radius 3 is 2.36 bits per heavy atom. The van der Waals surface area contributed by atoms with Gasteiger partial charge in [0.2, 0.25) is 0 Å². The number of rotatable bonds is 14. The summed E-state index contributed by atoms with van der Waals surface area (Å²) in [6.45, 7) is 6.92. The summed E-state index contributed by atoms with van der Waals surface area (Å²) in [5.74, 6) is 1.62. The molecule has 180 valence electrons. The highest BCUT2D eigenvalue weighted by Crippen LogP contribution is 2.28. The Bertz CT molecular complexity index is 1010. The average Bonchev–Trinajstić information content (AvgIpc) is 2.76. The van der Waals surface area contributed by atoms with Crippen LogP contribution in [0.2, 0.25) is 0 Å². The van der Waals surface area contributed by atoms with Gasteiger partial charge in [0.15, 0.2) is 9.84 Å².